The summed E-state index contributed by atoms with van der Waals surface area (Å²) in [6.45, 7) is 4.59. The molecule has 1 saturated heterocycles. The molecule has 1 heterocycles. The molecule has 3 heteroatoms. The summed E-state index contributed by atoms with van der Waals surface area (Å²) in [5, 5.41) is 3.32. The molecule has 88 valence electrons. The second-order valence-electron chi connectivity index (χ2n) is 3.97. The fourth-order valence-electron chi connectivity index (χ4n) is 1.88. The van der Waals surface area contributed by atoms with Crippen molar-refractivity contribution in [1.29, 1.82) is 0 Å². The van der Waals surface area contributed by atoms with E-state index in [1.807, 2.05) is 35.2 Å². The van der Waals surface area contributed by atoms with E-state index in [9.17, 15) is 4.79 Å². The number of nitrogens with zero attached hydrogens (tertiary/aromatic N) is 1. The van der Waals surface area contributed by atoms with Crippen LogP contribution >= 0.6 is 0 Å². The van der Waals surface area contributed by atoms with E-state index in [4.69, 9.17) is 0 Å². The molecule has 3 nitrogen and oxygen atoms in total. The lowest BCUT2D eigenvalue weighted by atomic mass is 10.1. The Labute approximate surface area is 97.5 Å². The summed E-state index contributed by atoms with van der Waals surface area (Å²) in [6.07, 6.45) is 0. The van der Waals surface area contributed by atoms with Crippen LogP contribution in [0.1, 0.15) is 24.7 Å². The summed E-state index contributed by atoms with van der Waals surface area (Å²) in [4.78, 5) is 14.0. The fraction of sp³-hybridized carbons (Fsp3) is 0.462. The molecule has 1 aromatic carbocycles. The highest BCUT2D eigenvalue weighted by molar-refractivity contribution is 5.94. The van der Waals surface area contributed by atoms with Crippen LogP contribution in [0.5, 0.6) is 0 Å². The van der Waals surface area contributed by atoms with E-state index in [0.29, 0.717) is 6.04 Å². The van der Waals surface area contributed by atoms with Crippen LogP contribution in [0, 0.1) is 0 Å². The molecule has 1 aliphatic heterocycles. The average molecular weight is 220 g/mol. The number of nitrogens with one attached hydrogen (secondary N) is 1. The summed E-state index contributed by atoms with van der Waals surface area (Å²) in [7, 11) is 0. The second-order valence-corrected chi connectivity index (χ2v) is 3.97. The van der Waals surface area contributed by atoms with Crippen LogP contribution in [0.15, 0.2) is 30.3 Å². The lowest BCUT2D eigenvalue weighted by Gasteiger charge is -2.31. The maximum Gasteiger partial charge on any atom is 0.253 e. The molecule has 2 rings (SSSR count). The molecule has 1 aromatic rings. The largest absolute Gasteiger partial charge is 0.336 e. The Morgan fingerprint density at radius 3 is 2.69 bits per heavy atom. The van der Waals surface area contributed by atoms with Crippen molar-refractivity contribution in [3.8, 4) is 0 Å². The maximum absolute atomic E-state index is 12.0. The molecule has 1 atom stereocenters. The summed E-state index contributed by atoms with van der Waals surface area (Å²) in [5.74, 6) is 0.143. The number of benzene rings is 1. The molecule has 1 amide bonds. The standard InChI is InChI=1S/C12H16N2O.CH4/c1-10-9-14(8-7-13-10)12(15)11-5-3-2-4-6-11;/h2-6,10,13H,7-9H2,1H3;1H4/t10-;/m0./s1. The SMILES string of the molecule is C.C[C@H]1CN(C(=O)c2ccccc2)CCN1. The summed E-state index contributed by atoms with van der Waals surface area (Å²) >= 11 is 0. The smallest absolute Gasteiger partial charge is 0.253 e. The number of rotatable bonds is 1. The fourth-order valence-corrected chi connectivity index (χ4v) is 1.88. The van der Waals surface area contributed by atoms with Crippen LogP contribution in [0.25, 0.3) is 0 Å². The number of amides is 1. The number of carbonyl (C=O) groups is 1. The first-order valence-corrected chi connectivity index (χ1v) is 5.35. The van der Waals surface area contributed by atoms with Crippen molar-refractivity contribution in [2.45, 2.75) is 20.4 Å². The van der Waals surface area contributed by atoms with Gasteiger partial charge >= 0.3 is 0 Å². The zero-order chi connectivity index (χ0) is 10.7. The second kappa shape index (κ2) is 5.66. The Balaban J connectivity index is 0.00000128. The Hall–Kier alpha value is -1.35. The molecular formula is C13H20N2O. The topological polar surface area (TPSA) is 32.3 Å². The van der Waals surface area contributed by atoms with Crippen LogP contribution in [-0.2, 0) is 0 Å². The molecule has 16 heavy (non-hydrogen) atoms. The first-order valence-electron chi connectivity index (χ1n) is 5.35. The van der Waals surface area contributed by atoms with Crippen molar-refractivity contribution in [2.24, 2.45) is 0 Å². The number of carbonyl (C=O) groups excluding carboxylic acids is 1. The van der Waals surface area contributed by atoms with Gasteiger partial charge in [0, 0.05) is 31.2 Å². The van der Waals surface area contributed by atoms with Gasteiger partial charge in [-0.2, -0.15) is 0 Å². The minimum Gasteiger partial charge on any atom is -0.336 e. The van der Waals surface area contributed by atoms with E-state index < -0.39 is 0 Å². The van der Waals surface area contributed by atoms with Crippen molar-refractivity contribution in [3.63, 3.8) is 0 Å². The molecule has 0 bridgehead atoms. The molecule has 0 saturated carbocycles. The van der Waals surface area contributed by atoms with Gasteiger partial charge in [0.15, 0.2) is 0 Å². The average Bonchev–Trinajstić information content (AvgIpc) is 2.29. The van der Waals surface area contributed by atoms with E-state index in [0.717, 1.165) is 25.2 Å². The lowest BCUT2D eigenvalue weighted by Crippen LogP contribution is -2.51. The highest BCUT2D eigenvalue weighted by atomic mass is 16.2. The predicted molar refractivity (Wildman–Crippen MR) is 66.5 cm³/mol. The van der Waals surface area contributed by atoms with Crippen molar-refractivity contribution in [1.82, 2.24) is 10.2 Å². The quantitative estimate of drug-likeness (QED) is 0.782. The van der Waals surface area contributed by atoms with Gasteiger partial charge in [0.05, 0.1) is 0 Å². The normalized spacial score (nSPS) is 20.1. The molecule has 1 aliphatic rings. The molecule has 0 aromatic heterocycles. The van der Waals surface area contributed by atoms with Gasteiger partial charge < -0.3 is 10.2 Å². The first-order chi connectivity index (χ1) is 7.27. The summed E-state index contributed by atoms with van der Waals surface area (Å²) in [5.41, 5.74) is 0.784. The van der Waals surface area contributed by atoms with Crippen molar-refractivity contribution >= 4 is 5.91 Å². The van der Waals surface area contributed by atoms with E-state index >= 15 is 0 Å². The molecule has 0 unspecified atom stereocenters. The summed E-state index contributed by atoms with van der Waals surface area (Å²) < 4.78 is 0. The molecule has 1 N–H and O–H groups in total. The third kappa shape index (κ3) is 2.83. The van der Waals surface area contributed by atoms with E-state index in [2.05, 4.69) is 12.2 Å². The van der Waals surface area contributed by atoms with Crippen LogP contribution < -0.4 is 5.32 Å². The van der Waals surface area contributed by atoms with Crippen molar-refractivity contribution in [2.75, 3.05) is 19.6 Å². The summed E-state index contributed by atoms with van der Waals surface area (Å²) in [6, 6.07) is 9.87. The molecular weight excluding hydrogens is 200 g/mol. The zero-order valence-corrected chi connectivity index (χ0v) is 8.94. The third-order valence-electron chi connectivity index (χ3n) is 2.68. The number of hydrogen-bond donors (Lipinski definition) is 1. The predicted octanol–water partition coefficient (Wildman–Crippen LogP) is 1.76. The van der Waals surface area contributed by atoms with Gasteiger partial charge in [0.2, 0.25) is 0 Å². The number of piperazine rings is 1. The highest BCUT2D eigenvalue weighted by Crippen LogP contribution is 2.07. The Morgan fingerprint density at radius 2 is 2.06 bits per heavy atom. The van der Waals surface area contributed by atoms with Crippen LogP contribution in [0.3, 0.4) is 0 Å². The molecule has 1 fully saturated rings. The van der Waals surface area contributed by atoms with Gasteiger partial charge in [-0.15, -0.1) is 0 Å². The van der Waals surface area contributed by atoms with Gasteiger partial charge in [0.25, 0.3) is 5.91 Å². The van der Waals surface area contributed by atoms with E-state index in [-0.39, 0.29) is 13.3 Å². The van der Waals surface area contributed by atoms with Crippen LogP contribution in [-0.4, -0.2) is 36.5 Å². The first kappa shape index (κ1) is 12.7. The monoisotopic (exact) mass is 220 g/mol. The number of hydrogen-bond acceptors (Lipinski definition) is 2. The van der Waals surface area contributed by atoms with Gasteiger partial charge in [0.1, 0.15) is 0 Å². The van der Waals surface area contributed by atoms with Gasteiger partial charge in [-0.25, -0.2) is 0 Å². The Kier molecular flexibility index (Phi) is 4.50. The molecule has 0 radical (unpaired) electrons. The Bertz CT molecular complexity index is 337. The molecule has 0 spiro atoms. The van der Waals surface area contributed by atoms with E-state index in [1.54, 1.807) is 0 Å². The van der Waals surface area contributed by atoms with Crippen molar-refractivity contribution < 1.29 is 4.79 Å². The van der Waals surface area contributed by atoms with Gasteiger partial charge in [-0.05, 0) is 19.1 Å². The van der Waals surface area contributed by atoms with E-state index in [1.165, 1.54) is 0 Å². The van der Waals surface area contributed by atoms with Crippen molar-refractivity contribution in [3.05, 3.63) is 35.9 Å². The molecule has 0 aliphatic carbocycles. The van der Waals surface area contributed by atoms with Crippen LogP contribution in [0.2, 0.25) is 0 Å². The lowest BCUT2D eigenvalue weighted by molar-refractivity contribution is 0.0709. The van der Waals surface area contributed by atoms with Crippen LogP contribution in [0.4, 0.5) is 0 Å². The minimum atomic E-state index is 0. The zero-order valence-electron chi connectivity index (χ0n) is 8.94. The minimum absolute atomic E-state index is 0. The van der Waals surface area contributed by atoms with Gasteiger partial charge in [-0.1, -0.05) is 25.6 Å². The third-order valence-corrected chi connectivity index (χ3v) is 2.68. The maximum atomic E-state index is 12.0. The Morgan fingerprint density at radius 1 is 1.38 bits per heavy atom. The highest BCUT2D eigenvalue weighted by Gasteiger charge is 2.20. The van der Waals surface area contributed by atoms with Gasteiger partial charge in [-0.3, -0.25) is 4.79 Å².